The molecule has 0 aliphatic carbocycles. The highest BCUT2D eigenvalue weighted by Crippen LogP contribution is 2.27. The second kappa shape index (κ2) is 2.51. The van der Waals surface area contributed by atoms with Gasteiger partial charge in [-0.2, -0.15) is 0 Å². The molecule has 0 saturated carbocycles. The predicted octanol–water partition coefficient (Wildman–Crippen LogP) is 1.32. The zero-order valence-electron chi connectivity index (χ0n) is 6.92. The van der Waals surface area contributed by atoms with E-state index in [1.807, 2.05) is 20.8 Å². The van der Waals surface area contributed by atoms with Crippen LogP contribution in [0.4, 0.5) is 0 Å². The van der Waals surface area contributed by atoms with E-state index in [0.717, 1.165) is 12.8 Å². The third-order valence-electron chi connectivity index (χ3n) is 2.15. The summed E-state index contributed by atoms with van der Waals surface area (Å²) >= 11 is 0. The lowest BCUT2D eigenvalue weighted by Gasteiger charge is -2.38. The Hall–Kier alpha value is -0.0800. The summed E-state index contributed by atoms with van der Waals surface area (Å²) in [6.07, 6.45) is 1.86. The van der Waals surface area contributed by atoms with Gasteiger partial charge in [-0.15, -0.1) is 0 Å². The fraction of sp³-hybridized carbons (Fsp3) is 1.00. The summed E-state index contributed by atoms with van der Waals surface area (Å²) < 4.78 is 5.54. The van der Waals surface area contributed by atoms with Crippen LogP contribution < -0.4 is 0 Å². The number of ether oxygens (including phenoxy) is 1. The number of aliphatic hydroxyl groups is 1. The molecule has 1 rings (SSSR count). The van der Waals surface area contributed by atoms with E-state index in [9.17, 15) is 5.11 Å². The predicted molar refractivity (Wildman–Crippen MR) is 39.9 cm³/mol. The highest BCUT2D eigenvalue weighted by atomic mass is 16.5. The summed E-state index contributed by atoms with van der Waals surface area (Å²) in [4.78, 5) is 0. The molecule has 0 aromatic rings. The highest BCUT2D eigenvalue weighted by molar-refractivity contribution is 4.84. The zero-order valence-corrected chi connectivity index (χ0v) is 6.92. The molecule has 1 saturated heterocycles. The van der Waals surface area contributed by atoms with E-state index in [-0.39, 0.29) is 11.7 Å². The first-order chi connectivity index (χ1) is 4.52. The molecule has 0 aromatic heterocycles. The van der Waals surface area contributed by atoms with E-state index in [2.05, 4.69) is 0 Å². The Balaban J connectivity index is 2.55. The van der Waals surface area contributed by atoms with Gasteiger partial charge < -0.3 is 9.84 Å². The van der Waals surface area contributed by atoms with Crippen LogP contribution in [0.15, 0.2) is 0 Å². The summed E-state index contributed by atoms with van der Waals surface area (Å²) in [5.41, 5.74) is -0.336. The van der Waals surface area contributed by atoms with Gasteiger partial charge in [-0.25, -0.2) is 0 Å². The van der Waals surface area contributed by atoms with Crippen molar-refractivity contribution in [1.29, 1.82) is 0 Å². The van der Waals surface area contributed by atoms with E-state index >= 15 is 0 Å². The minimum Gasteiger partial charge on any atom is -0.390 e. The molecule has 2 atom stereocenters. The van der Waals surface area contributed by atoms with Gasteiger partial charge in [-0.3, -0.25) is 0 Å². The average molecular weight is 144 g/mol. The van der Waals surface area contributed by atoms with E-state index in [0.29, 0.717) is 6.10 Å². The lowest BCUT2D eigenvalue weighted by atomic mass is 9.92. The van der Waals surface area contributed by atoms with Crippen LogP contribution in [-0.2, 0) is 4.74 Å². The van der Waals surface area contributed by atoms with Gasteiger partial charge in [0.05, 0.1) is 17.8 Å². The van der Waals surface area contributed by atoms with Crippen molar-refractivity contribution in [3.05, 3.63) is 0 Å². The third-order valence-corrected chi connectivity index (χ3v) is 2.15. The number of aliphatic hydroxyl groups excluding tert-OH is 1. The molecule has 1 aliphatic rings. The van der Waals surface area contributed by atoms with Crippen LogP contribution in [0.25, 0.3) is 0 Å². The summed E-state index contributed by atoms with van der Waals surface area (Å²) in [5.74, 6) is 0. The molecule has 0 spiro atoms. The molecule has 10 heavy (non-hydrogen) atoms. The van der Waals surface area contributed by atoms with Crippen LogP contribution in [0.2, 0.25) is 0 Å². The van der Waals surface area contributed by atoms with Crippen LogP contribution in [0.1, 0.15) is 33.6 Å². The molecule has 1 aliphatic heterocycles. The maximum atomic E-state index is 9.43. The molecule has 0 bridgehead atoms. The van der Waals surface area contributed by atoms with Crippen molar-refractivity contribution in [2.24, 2.45) is 0 Å². The van der Waals surface area contributed by atoms with Crippen molar-refractivity contribution in [3.8, 4) is 0 Å². The Labute approximate surface area is 62.2 Å². The fourth-order valence-corrected chi connectivity index (χ4v) is 1.40. The number of hydrogen-bond acceptors (Lipinski definition) is 2. The SMILES string of the molecule is C[C@H]1CC[C@@H](O)C(C)(C)O1. The molecule has 2 heteroatoms. The smallest absolute Gasteiger partial charge is 0.0887 e. The summed E-state index contributed by atoms with van der Waals surface area (Å²) in [7, 11) is 0. The summed E-state index contributed by atoms with van der Waals surface area (Å²) in [6, 6.07) is 0. The monoisotopic (exact) mass is 144 g/mol. The minimum absolute atomic E-state index is 0.288. The van der Waals surface area contributed by atoms with Crippen molar-refractivity contribution in [2.45, 2.75) is 51.4 Å². The van der Waals surface area contributed by atoms with Crippen LogP contribution >= 0.6 is 0 Å². The van der Waals surface area contributed by atoms with Crippen molar-refractivity contribution in [3.63, 3.8) is 0 Å². The second-order valence-corrected chi connectivity index (χ2v) is 3.63. The van der Waals surface area contributed by atoms with Crippen LogP contribution in [0.5, 0.6) is 0 Å². The topological polar surface area (TPSA) is 29.5 Å². The lowest BCUT2D eigenvalue weighted by molar-refractivity contribution is -0.164. The molecule has 0 amide bonds. The zero-order chi connectivity index (χ0) is 7.78. The van der Waals surface area contributed by atoms with Gasteiger partial charge in [0.15, 0.2) is 0 Å². The Morgan fingerprint density at radius 2 is 2.00 bits per heavy atom. The molecule has 60 valence electrons. The van der Waals surface area contributed by atoms with Gasteiger partial charge in [0.25, 0.3) is 0 Å². The molecule has 1 fully saturated rings. The fourth-order valence-electron chi connectivity index (χ4n) is 1.40. The second-order valence-electron chi connectivity index (χ2n) is 3.63. The molecular formula is C8H16O2. The van der Waals surface area contributed by atoms with Crippen molar-refractivity contribution in [1.82, 2.24) is 0 Å². The van der Waals surface area contributed by atoms with E-state index in [1.54, 1.807) is 0 Å². The highest BCUT2D eigenvalue weighted by Gasteiger charge is 2.34. The maximum absolute atomic E-state index is 9.43. The van der Waals surface area contributed by atoms with Gasteiger partial charge in [0.2, 0.25) is 0 Å². The van der Waals surface area contributed by atoms with Gasteiger partial charge in [0, 0.05) is 0 Å². The van der Waals surface area contributed by atoms with Gasteiger partial charge >= 0.3 is 0 Å². The van der Waals surface area contributed by atoms with E-state index < -0.39 is 0 Å². The van der Waals surface area contributed by atoms with Gasteiger partial charge in [0.1, 0.15) is 0 Å². The number of rotatable bonds is 0. The standard InChI is InChI=1S/C8H16O2/c1-6-4-5-7(9)8(2,3)10-6/h6-7,9H,4-5H2,1-3H3/t6-,7+/m0/s1. The molecule has 0 unspecified atom stereocenters. The Kier molecular flexibility index (Phi) is 2.02. The van der Waals surface area contributed by atoms with Crippen molar-refractivity contribution < 1.29 is 9.84 Å². The van der Waals surface area contributed by atoms with E-state index in [1.165, 1.54) is 0 Å². The molecule has 0 aromatic carbocycles. The average Bonchev–Trinajstić information content (AvgIpc) is 1.78. The first-order valence-corrected chi connectivity index (χ1v) is 3.88. The maximum Gasteiger partial charge on any atom is 0.0887 e. The van der Waals surface area contributed by atoms with Crippen LogP contribution in [0.3, 0.4) is 0 Å². The molecule has 2 nitrogen and oxygen atoms in total. The largest absolute Gasteiger partial charge is 0.390 e. The third kappa shape index (κ3) is 1.50. The Morgan fingerprint density at radius 3 is 2.40 bits per heavy atom. The van der Waals surface area contributed by atoms with Crippen molar-refractivity contribution >= 4 is 0 Å². The molecule has 1 N–H and O–H groups in total. The molecule has 0 radical (unpaired) electrons. The molecule has 1 heterocycles. The number of hydrogen-bond donors (Lipinski definition) is 1. The summed E-state index contributed by atoms with van der Waals surface area (Å²) in [6.45, 7) is 5.92. The molecular weight excluding hydrogens is 128 g/mol. The van der Waals surface area contributed by atoms with Crippen molar-refractivity contribution in [2.75, 3.05) is 0 Å². The quantitative estimate of drug-likeness (QED) is 0.555. The Morgan fingerprint density at radius 1 is 1.40 bits per heavy atom. The summed E-state index contributed by atoms with van der Waals surface area (Å²) in [5, 5.41) is 9.43. The lowest BCUT2D eigenvalue weighted by Crippen LogP contribution is -2.45. The van der Waals surface area contributed by atoms with Crippen LogP contribution in [-0.4, -0.2) is 22.9 Å². The van der Waals surface area contributed by atoms with Crippen LogP contribution in [0, 0.1) is 0 Å². The van der Waals surface area contributed by atoms with Gasteiger partial charge in [-0.1, -0.05) is 0 Å². The minimum atomic E-state index is -0.336. The van der Waals surface area contributed by atoms with Gasteiger partial charge in [-0.05, 0) is 33.6 Å². The normalized spacial score (nSPS) is 39.6. The first-order valence-electron chi connectivity index (χ1n) is 3.88. The first kappa shape index (κ1) is 8.02. The van der Waals surface area contributed by atoms with E-state index in [4.69, 9.17) is 4.74 Å². The Bertz CT molecular complexity index is 120.